The number of hydrogen-bond acceptors (Lipinski definition) is 3. The number of rotatable bonds is 4. The predicted octanol–water partition coefficient (Wildman–Crippen LogP) is 3.01. The number of carbonyl (C=O) groups is 2. The van der Waals surface area contributed by atoms with E-state index in [1.54, 1.807) is 36.4 Å². The van der Waals surface area contributed by atoms with Crippen molar-refractivity contribution in [2.24, 2.45) is 0 Å². The average molecular weight is 280 g/mol. The van der Waals surface area contributed by atoms with Crippen LogP contribution in [0.2, 0.25) is 4.34 Å². The van der Waals surface area contributed by atoms with E-state index in [4.69, 9.17) is 11.6 Å². The maximum atomic E-state index is 11.7. The summed E-state index contributed by atoms with van der Waals surface area (Å²) in [6.45, 7) is -0.0232. The number of carbonyl (C=O) groups excluding carboxylic acids is 2. The first-order valence-corrected chi connectivity index (χ1v) is 6.48. The lowest BCUT2D eigenvalue weighted by molar-refractivity contribution is 0.0905. The second-order valence-corrected chi connectivity index (χ2v) is 5.29. The zero-order valence-electron chi connectivity index (χ0n) is 9.35. The Morgan fingerprint density at radius 2 is 1.83 bits per heavy atom. The number of benzene rings is 1. The average Bonchev–Trinajstić information content (AvgIpc) is 2.83. The molecule has 0 saturated heterocycles. The van der Waals surface area contributed by atoms with Crippen LogP contribution in [0.1, 0.15) is 20.0 Å². The first kappa shape index (κ1) is 12.8. The molecule has 0 unspecified atom stereocenters. The fourth-order valence-corrected chi connectivity index (χ4v) is 2.38. The fraction of sp³-hybridized carbons (Fsp3) is 0.0769. The third-order valence-electron chi connectivity index (χ3n) is 2.29. The Hall–Kier alpha value is -1.65. The highest BCUT2D eigenvalue weighted by Crippen LogP contribution is 2.21. The molecule has 0 aliphatic heterocycles. The van der Waals surface area contributed by atoms with Gasteiger partial charge in [-0.2, -0.15) is 0 Å². The maximum Gasteiger partial charge on any atom is 0.251 e. The Morgan fingerprint density at radius 1 is 1.11 bits per heavy atom. The van der Waals surface area contributed by atoms with Crippen molar-refractivity contribution in [3.63, 3.8) is 0 Å². The van der Waals surface area contributed by atoms with Gasteiger partial charge in [-0.05, 0) is 24.3 Å². The molecule has 1 N–H and O–H groups in total. The molecule has 92 valence electrons. The van der Waals surface area contributed by atoms with Crippen molar-refractivity contribution in [2.45, 2.75) is 0 Å². The van der Waals surface area contributed by atoms with Crippen molar-refractivity contribution in [1.82, 2.24) is 5.32 Å². The summed E-state index contributed by atoms with van der Waals surface area (Å²) < 4.78 is 0.563. The van der Waals surface area contributed by atoms with Crippen molar-refractivity contribution >= 4 is 34.6 Å². The van der Waals surface area contributed by atoms with E-state index in [0.717, 1.165) is 0 Å². The highest BCUT2D eigenvalue weighted by atomic mass is 35.5. The molecule has 1 aromatic heterocycles. The Kier molecular flexibility index (Phi) is 4.12. The van der Waals surface area contributed by atoms with E-state index in [1.165, 1.54) is 11.3 Å². The van der Waals surface area contributed by atoms with Crippen LogP contribution >= 0.6 is 22.9 Å². The fourth-order valence-electron chi connectivity index (χ4n) is 1.40. The first-order valence-electron chi connectivity index (χ1n) is 5.28. The van der Waals surface area contributed by atoms with Crippen molar-refractivity contribution in [3.05, 3.63) is 57.2 Å². The standard InChI is InChI=1S/C13H10ClNO2S/c14-12-7-6-11(18-12)10(16)8-15-13(17)9-4-2-1-3-5-9/h1-7H,8H2,(H,15,17). The van der Waals surface area contributed by atoms with Crippen LogP contribution in [0, 0.1) is 0 Å². The second kappa shape index (κ2) is 5.80. The van der Waals surface area contributed by atoms with Gasteiger partial charge in [0.15, 0.2) is 5.78 Å². The van der Waals surface area contributed by atoms with Crippen LogP contribution in [0.25, 0.3) is 0 Å². The molecular formula is C13H10ClNO2S. The molecule has 0 fully saturated rings. The maximum absolute atomic E-state index is 11.7. The minimum absolute atomic E-state index is 0.0232. The van der Waals surface area contributed by atoms with Gasteiger partial charge in [-0.15, -0.1) is 11.3 Å². The minimum atomic E-state index is -0.258. The summed E-state index contributed by atoms with van der Waals surface area (Å²) in [4.78, 5) is 24.0. The Balaban J connectivity index is 1.92. The Morgan fingerprint density at radius 3 is 2.44 bits per heavy atom. The minimum Gasteiger partial charge on any atom is -0.345 e. The molecule has 18 heavy (non-hydrogen) atoms. The molecule has 0 radical (unpaired) electrons. The second-order valence-electron chi connectivity index (χ2n) is 3.58. The molecule has 1 heterocycles. The molecule has 5 heteroatoms. The summed E-state index contributed by atoms with van der Waals surface area (Å²) in [6.07, 6.45) is 0. The van der Waals surface area contributed by atoms with Crippen LogP contribution in [-0.4, -0.2) is 18.2 Å². The molecule has 0 aliphatic carbocycles. The van der Waals surface area contributed by atoms with Gasteiger partial charge < -0.3 is 5.32 Å². The van der Waals surface area contributed by atoms with E-state index in [2.05, 4.69) is 5.32 Å². The number of halogens is 1. The number of hydrogen-bond donors (Lipinski definition) is 1. The molecule has 3 nitrogen and oxygen atoms in total. The lowest BCUT2D eigenvalue weighted by Gasteiger charge is -2.03. The van der Waals surface area contributed by atoms with Crippen molar-refractivity contribution in [3.8, 4) is 0 Å². The van der Waals surface area contributed by atoms with Crippen molar-refractivity contribution < 1.29 is 9.59 Å². The molecule has 0 bridgehead atoms. The molecule has 2 aromatic rings. The van der Waals surface area contributed by atoms with Crippen molar-refractivity contribution in [1.29, 1.82) is 0 Å². The first-order chi connectivity index (χ1) is 8.66. The van der Waals surface area contributed by atoms with Crippen LogP contribution in [0.3, 0.4) is 0 Å². The molecule has 0 aliphatic rings. The van der Waals surface area contributed by atoms with Crippen LogP contribution in [0.4, 0.5) is 0 Å². The highest BCUT2D eigenvalue weighted by molar-refractivity contribution is 7.18. The van der Waals surface area contributed by atoms with E-state index < -0.39 is 0 Å². The molecular weight excluding hydrogens is 270 g/mol. The van der Waals surface area contributed by atoms with Crippen LogP contribution in [-0.2, 0) is 0 Å². The Labute approximate surface area is 113 Å². The largest absolute Gasteiger partial charge is 0.345 e. The lowest BCUT2D eigenvalue weighted by atomic mass is 10.2. The molecule has 2 rings (SSSR count). The van der Waals surface area contributed by atoms with Gasteiger partial charge in [0.05, 0.1) is 15.8 Å². The molecule has 0 saturated carbocycles. The van der Waals surface area contributed by atoms with E-state index in [0.29, 0.717) is 14.8 Å². The number of nitrogens with one attached hydrogen (secondary N) is 1. The summed E-state index contributed by atoms with van der Waals surface area (Å²) in [5.74, 6) is -0.400. The molecule has 1 amide bonds. The third kappa shape index (κ3) is 3.18. The number of thiophene rings is 1. The summed E-state index contributed by atoms with van der Waals surface area (Å²) >= 11 is 6.95. The van der Waals surface area contributed by atoms with Gasteiger partial charge in [0.1, 0.15) is 0 Å². The van der Waals surface area contributed by atoms with Crippen LogP contribution < -0.4 is 5.32 Å². The van der Waals surface area contributed by atoms with Gasteiger partial charge in [0, 0.05) is 5.56 Å². The normalized spacial score (nSPS) is 10.1. The van der Waals surface area contributed by atoms with E-state index >= 15 is 0 Å². The summed E-state index contributed by atoms with van der Waals surface area (Å²) in [5, 5.41) is 2.58. The summed E-state index contributed by atoms with van der Waals surface area (Å²) in [6, 6.07) is 12.1. The zero-order chi connectivity index (χ0) is 13.0. The van der Waals surface area contributed by atoms with Gasteiger partial charge in [-0.25, -0.2) is 0 Å². The zero-order valence-corrected chi connectivity index (χ0v) is 10.9. The molecule has 1 aromatic carbocycles. The van der Waals surface area contributed by atoms with E-state index in [9.17, 15) is 9.59 Å². The van der Waals surface area contributed by atoms with Gasteiger partial charge >= 0.3 is 0 Å². The smallest absolute Gasteiger partial charge is 0.251 e. The Bertz CT molecular complexity index is 565. The van der Waals surface area contributed by atoms with Crippen molar-refractivity contribution in [2.75, 3.05) is 6.54 Å². The van der Waals surface area contributed by atoms with E-state index in [-0.39, 0.29) is 18.2 Å². The SMILES string of the molecule is O=C(NCC(=O)c1ccc(Cl)s1)c1ccccc1. The van der Waals surface area contributed by atoms with Gasteiger partial charge in [-0.1, -0.05) is 29.8 Å². The number of Topliss-reactive ketones (excluding diaryl/α,β-unsaturated/α-hetero) is 1. The van der Waals surface area contributed by atoms with E-state index in [1.807, 2.05) is 6.07 Å². The molecule has 0 atom stereocenters. The van der Waals surface area contributed by atoms with Gasteiger partial charge in [0.2, 0.25) is 0 Å². The number of amides is 1. The highest BCUT2D eigenvalue weighted by Gasteiger charge is 2.11. The van der Waals surface area contributed by atoms with Crippen LogP contribution in [0.5, 0.6) is 0 Å². The summed E-state index contributed by atoms with van der Waals surface area (Å²) in [5.41, 5.74) is 0.537. The topological polar surface area (TPSA) is 46.2 Å². The lowest BCUT2D eigenvalue weighted by Crippen LogP contribution is -2.29. The summed E-state index contributed by atoms with van der Waals surface area (Å²) in [7, 11) is 0. The third-order valence-corrected chi connectivity index (χ3v) is 3.57. The quantitative estimate of drug-likeness (QED) is 0.875. The van der Waals surface area contributed by atoms with Gasteiger partial charge in [0.25, 0.3) is 5.91 Å². The molecule has 0 spiro atoms. The van der Waals surface area contributed by atoms with Crippen LogP contribution in [0.15, 0.2) is 42.5 Å². The predicted molar refractivity (Wildman–Crippen MR) is 72.4 cm³/mol. The monoisotopic (exact) mass is 279 g/mol. The van der Waals surface area contributed by atoms with Gasteiger partial charge in [-0.3, -0.25) is 9.59 Å². The number of ketones is 1.